The van der Waals surface area contributed by atoms with Crippen LogP contribution in [0.5, 0.6) is 0 Å². The molecule has 1 atom stereocenters. The maximum absolute atomic E-state index is 13.9. The standard InChI is InChI=1S/C32H33BrN2O2/c1-2-20-34-32(37)30(22-24-10-4-3-5-11-24)35(23-25-12-8-16-28(33)21-25)31(36)19-18-27-15-9-14-26-13-6-7-17-29(26)27/h3-17,21,30H,2,18-20,22-23H2,1H3,(H,34,37)/t30-/m0/s1. The Morgan fingerprint density at radius 3 is 2.35 bits per heavy atom. The van der Waals surface area contributed by atoms with E-state index in [0.29, 0.717) is 32.4 Å². The Bertz CT molecular complexity index is 1330. The van der Waals surface area contributed by atoms with Gasteiger partial charge < -0.3 is 10.2 Å². The lowest BCUT2D eigenvalue weighted by Gasteiger charge is -2.32. The smallest absolute Gasteiger partial charge is 0.243 e. The molecule has 0 radical (unpaired) electrons. The summed E-state index contributed by atoms with van der Waals surface area (Å²) in [4.78, 5) is 29.1. The first kappa shape index (κ1) is 26.6. The molecule has 4 aromatic rings. The number of carbonyl (C=O) groups is 2. The molecule has 0 aliphatic heterocycles. The van der Waals surface area contributed by atoms with Crippen molar-refractivity contribution in [1.29, 1.82) is 0 Å². The molecule has 1 N–H and O–H groups in total. The molecule has 37 heavy (non-hydrogen) atoms. The van der Waals surface area contributed by atoms with Crippen LogP contribution in [0.3, 0.4) is 0 Å². The van der Waals surface area contributed by atoms with Crippen LogP contribution in [0.2, 0.25) is 0 Å². The first-order valence-electron chi connectivity index (χ1n) is 12.9. The monoisotopic (exact) mass is 556 g/mol. The van der Waals surface area contributed by atoms with Crippen molar-refractivity contribution in [2.45, 2.75) is 45.2 Å². The fraction of sp³-hybridized carbons (Fsp3) is 0.250. The number of hydrogen-bond donors (Lipinski definition) is 1. The minimum absolute atomic E-state index is 0.0273. The maximum atomic E-state index is 13.9. The highest BCUT2D eigenvalue weighted by Crippen LogP contribution is 2.22. The lowest BCUT2D eigenvalue weighted by atomic mass is 9.99. The Balaban J connectivity index is 1.63. The van der Waals surface area contributed by atoms with E-state index < -0.39 is 6.04 Å². The van der Waals surface area contributed by atoms with Gasteiger partial charge in [0, 0.05) is 30.4 Å². The molecule has 190 valence electrons. The van der Waals surface area contributed by atoms with Gasteiger partial charge in [0.05, 0.1) is 0 Å². The Labute approximate surface area is 227 Å². The Morgan fingerprint density at radius 1 is 0.865 bits per heavy atom. The van der Waals surface area contributed by atoms with Gasteiger partial charge in [-0.1, -0.05) is 108 Å². The van der Waals surface area contributed by atoms with Crippen LogP contribution in [0.1, 0.15) is 36.5 Å². The van der Waals surface area contributed by atoms with E-state index in [1.54, 1.807) is 4.90 Å². The van der Waals surface area contributed by atoms with Gasteiger partial charge in [0.1, 0.15) is 6.04 Å². The number of halogens is 1. The van der Waals surface area contributed by atoms with Crippen LogP contribution in [0.25, 0.3) is 10.8 Å². The quantitative estimate of drug-likeness (QED) is 0.223. The van der Waals surface area contributed by atoms with Crippen molar-refractivity contribution in [1.82, 2.24) is 10.2 Å². The first-order valence-corrected chi connectivity index (χ1v) is 13.7. The molecule has 4 rings (SSSR count). The van der Waals surface area contributed by atoms with Crippen molar-refractivity contribution in [3.63, 3.8) is 0 Å². The molecule has 0 aliphatic rings. The zero-order valence-corrected chi connectivity index (χ0v) is 22.8. The summed E-state index contributed by atoms with van der Waals surface area (Å²) in [6.45, 7) is 2.98. The van der Waals surface area contributed by atoms with Crippen LogP contribution < -0.4 is 5.32 Å². The lowest BCUT2D eigenvalue weighted by Crippen LogP contribution is -2.50. The number of rotatable bonds is 11. The summed E-state index contributed by atoms with van der Waals surface area (Å²) in [5, 5.41) is 5.37. The molecule has 4 aromatic carbocycles. The third kappa shape index (κ3) is 7.30. The van der Waals surface area contributed by atoms with E-state index in [2.05, 4.69) is 45.5 Å². The Kier molecular flexibility index (Phi) is 9.50. The molecule has 0 spiro atoms. The van der Waals surface area contributed by atoms with E-state index in [9.17, 15) is 9.59 Å². The third-order valence-electron chi connectivity index (χ3n) is 6.55. The number of nitrogens with zero attached hydrogens (tertiary/aromatic N) is 1. The number of amides is 2. The van der Waals surface area contributed by atoms with Crippen LogP contribution in [-0.4, -0.2) is 29.3 Å². The highest BCUT2D eigenvalue weighted by atomic mass is 79.9. The fourth-order valence-corrected chi connectivity index (χ4v) is 5.09. The van der Waals surface area contributed by atoms with Crippen molar-refractivity contribution >= 4 is 38.5 Å². The normalized spacial score (nSPS) is 11.7. The molecule has 0 aliphatic carbocycles. The average molecular weight is 558 g/mol. The summed E-state index contributed by atoms with van der Waals surface area (Å²) in [6, 6.07) is 31.7. The van der Waals surface area contributed by atoms with Gasteiger partial charge in [0.25, 0.3) is 0 Å². The summed E-state index contributed by atoms with van der Waals surface area (Å²) in [6.07, 6.45) is 2.24. The van der Waals surface area contributed by atoms with E-state index in [1.807, 2.05) is 79.7 Å². The minimum atomic E-state index is -0.604. The molecule has 0 heterocycles. The molecule has 2 amide bonds. The predicted molar refractivity (Wildman–Crippen MR) is 154 cm³/mol. The van der Waals surface area contributed by atoms with Gasteiger partial charge in [0.2, 0.25) is 11.8 Å². The van der Waals surface area contributed by atoms with Gasteiger partial charge in [-0.25, -0.2) is 0 Å². The second kappa shape index (κ2) is 13.2. The minimum Gasteiger partial charge on any atom is -0.354 e. The van der Waals surface area contributed by atoms with Crippen LogP contribution in [0.15, 0.2) is 102 Å². The van der Waals surface area contributed by atoms with Crippen molar-refractivity contribution in [2.75, 3.05) is 6.54 Å². The van der Waals surface area contributed by atoms with Crippen LogP contribution in [0.4, 0.5) is 0 Å². The lowest BCUT2D eigenvalue weighted by molar-refractivity contribution is -0.141. The molecule has 5 heteroatoms. The van der Waals surface area contributed by atoms with Crippen molar-refractivity contribution < 1.29 is 9.59 Å². The first-order chi connectivity index (χ1) is 18.0. The van der Waals surface area contributed by atoms with Gasteiger partial charge in [-0.2, -0.15) is 0 Å². The second-order valence-electron chi connectivity index (χ2n) is 9.29. The van der Waals surface area contributed by atoms with Gasteiger partial charge >= 0.3 is 0 Å². The average Bonchev–Trinajstić information content (AvgIpc) is 2.93. The van der Waals surface area contributed by atoms with E-state index >= 15 is 0 Å². The van der Waals surface area contributed by atoms with Crippen molar-refractivity contribution in [2.24, 2.45) is 0 Å². The predicted octanol–water partition coefficient (Wildman–Crippen LogP) is 6.70. The number of hydrogen-bond acceptors (Lipinski definition) is 2. The topological polar surface area (TPSA) is 49.4 Å². The van der Waals surface area contributed by atoms with E-state index in [0.717, 1.165) is 33.0 Å². The number of benzene rings is 4. The zero-order valence-electron chi connectivity index (χ0n) is 21.2. The van der Waals surface area contributed by atoms with Gasteiger partial charge in [-0.15, -0.1) is 0 Å². The van der Waals surface area contributed by atoms with Crippen LogP contribution in [-0.2, 0) is 29.0 Å². The molecule has 0 fully saturated rings. The summed E-state index contributed by atoms with van der Waals surface area (Å²) in [7, 11) is 0. The Morgan fingerprint density at radius 2 is 1.57 bits per heavy atom. The van der Waals surface area contributed by atoms with Crippen molar-refractivity contribution in [3.8, 4) is 0 Å². The van der Waals surface area contributed by atoms with Crippen LogP contribution in [0, 0.1) is 0 Å². The molecular weight excluding hydrogens is 524 g/mol. The molecule has 4 nitrogen and oxygen atoms in total. The van der Waals surface area contributed by atoms with E-state index in [4.69, 9.17) is 0 Å². The second-order valence-corrected chi connectivity index (χ2v) is 10.2. The SMILES string of the molecule is CCCNC(=O)[C@H](Cc1ccccc1)N(Cc1cccc(Br)c1)C(=O)CCc1cccc2ccccc12. The summed E-state index contributed by atoms with van der Waals surface area (Å²) in [5.74, 6) is -0.139. The summed E-state index contributed by atoms with van der Waals surface area (Å²) in [5.41, 5.74) is 3.15. The molecule has 0 saturated heterocycles. The summed E-state index contributed by atoms with van der Waals surface area (Å²) < 4.78 is 0.947. The number of aryl methyl sites for hydroxylation is 1. The van der Waals surface area contributed by atoms with Gasteiger partial charge in [-0.05, 0) is 52.4 Å². The van der Waals surface area contributed by atoms with E-state index in [-0.39, 0.29) is 11.8 Å². The molecular formula is C32H33BrN2O2. The van der Waals surface area contributed by atoms with Gasteiger partial charge in [-0.3, -0.25) is 9.59 Å². The number of carbonyl (C=O) groups excluding carboxylic acids is 2. The molecule has 0 aromatic heterocycles. The number of fused-ring (bicyclic) bond motifs is 1. The zero-order chi connectivity index (χ0) is 26.0. The summed E-state index contributed by atoms with van der Waals surface area (Å²) >= 11 is 3.54. The van der Waals surface area contributed by atoms with Gasteiger partial charge in [0.15, 0.2) is 0 Å². The molecule has 0 unspecified atom stereocenters. The van der Waals surface area contributed by atoms with Crippen LogP contribution >= 0.6 is 15.9 Å². The molecule has 0 bridgehead atoms. The molecule has 0 saturated carbocycles. The highest BCUT2D eigenvalue weighted by molar-refractivity contribution is 9.10. The Hall–Kier alpha value is -3.44. The maximum Gasteiger partial charge on any atom is 0.243 e. The van der Waals surface area contributed by atoms with E-state index in [1.165, 1.54) is 5.39 Å². The fourth-order valence-electron chi connectivity index (χ4n) is 4.65. The highest BCUT2D eigenvalue weighted by Gasteiger charge is 2.30. The number of nitrogens with one attached hydrogen (secondary N) is 1. The van der Waals surface area contributed by atoms with Crippen molar-refractivity contribution in [3.05, 3.63) is 118 Å². The largest absolute Gasteiger partial charge is 0.354 e. The third-order valence-corrected chi connectivity index (χ3v) is 7.04.